The first-order chi connectivity index (χ1) is 7.63. The van der Waals surface area contributed by atoms with Crippen LogP contribution in [0.15, 0.2) is 18.2 Å². The quantitative estimate of drug-likeness (QED) is 0.783. The normalized spacial score (nSPS) is 12.8. The molecule has 0 saturated heterocycles. The summed E-state index contributed by atoms with van der Waals surface area (Å²) in [6.07, 6.45) is 2.46. The van der Waals surface area contributed by atoms with E-state index in [1.807, 2.05) is 6.07 Å². The number of halogens is 2. The van der Waals surface area contributed by atoms with Crippen LogP contribution >= 0.6 is 11.6 Å². The summed E-state index contributed by atoms with van der Waals surface area (Å²) in [5.74, 6) is -0.386. The minimum absolute atomic E-state index is 0.0377. The SMILES string of the molecule is COCCCC(N)Cc1ccc(Cl)c(F)c1. The van der Waals surface area contributed by atoms with Crippen molar-refractivity contribution in [2.24, 2.45) is 5.73 Å². The molecule has 0 radical (unpaired) electrons. The molecule has 0 fully saturated rings. The van der Waals surface area contributed by atoms with Crippen LogP contribution < -0.4 is 5.73 Å². The van der Waals surface area contributed by atoms with Gasteiger partial charge in [-0.05, 0) is 37.0 Å². The van der Waals surface area contributed by atoms with Crippen molar-refractivity contribution in [3.63, 3.8) is 0 Å². The molecule has 1 atom stereocenters. The van der Waals surface area contributed by atoms with Crippen LogP contribution in [0.1, 0.15) is 18.4 Å². The van der Waals surface area contributed by atoms with Crippen molar-refractivity contribution in [2.45, 2.75) is 25.3 Å². The second-order valence-corrected chi connectivity index (χ2v) is 4.25. The van der Waals surface area contributed by atoms with Crippen LogP contribution in [0.25, 0.3) is 0 Å². The van der Waals surface area contributed by atoms with Gasteiger partial charge in [0, 0.05) is 19.8 Å². The number of benzene rings is 1. The molecule has 2 nitrogen and oxygen atoms in total. The molecule has 0 aromatic heterocycles. The fourth-order valence-corrected chi connectivity index (χ4v) is 1.68. The largest absolute Gasteiger partial charge is 0.385 e. The van der Waals surface area contributed by atoms with Crippen molar-refractivity contribution < 1.29 is 9.13 Å². The summed E-state index contributed by atoms with van der Waals surface area (Å²) in [4.78, 5) is 0. The van der Waals surface area contributed by atoms with E-state index in [9.17, 15) is 4.39 Å². The zero-order valence-electron chi connectivity index (χ0n) is 9.38. The molecule has 1 rings (SSSR count). The van der Waals surface area contributed by atoms with Crippen LogP contribution in [-0.2, 0) is 11.2 Å². The van der Waals surface area contributed by atoms with Crippen LogP contribution in [0.4, 0.5) is 4.39 Å². The highest BCUT2D eigenvalue weighted by molar-refractivity contribution is 6.30. The summed E-state index contributed by atoms with van der Waals surface area (Å²) in [7, 11) is 1.67. The molecule has 4 heteroatoms. The van der Waals surface area contributed by atoms with E-state index in [4.69, 9.17) is 22.1 Å². The monoisotopic (exact) mass is 245 g/mol. The van der Waals surface area contributed by atoms with Gasteiger partial charge in [0.1, 0.15) is 5.82 Å². The highest BCUT2D eigenvalue weighted by Gasteiger charge is 2.06. The predicted molar refractivity (Wildman–Crippen MR) is 64.2 cm³/mol. The first kappa shape index (κ1) is 13.4. The summed E-state index contributed by atoms with van der Waals surface area (Å²) in [6.45, 7) is 0.711. The van der Waals surface area contributed by atoms with E-state index >= 15 is 0 Å². The van der Waals surface area contributed by atoms with Crippen molar-refractivity contribution in [3.8, 4) is 0 Å². The molecule has 16 heavy (non-hydrogen) atoms. The van der Waals surface area contributed by atoms with Crippen LogP contribution in [0.5, 0.6) is 0 Å². The van der Waals surface area contributed by atoms with Crippen LogP contribution in [0.3, 0.4) is 0 Å². The number of rotatable bonds is 6. The Balaban J connectivity index is 2.43. The van der Waals surface area contributed by atoms with Gasteiger partial charge in [-0.3, -0.25) is 0 Å². The van der Waals surface area contributed by atoms with Gasteiger partial charge >= 0.3 is 0 Å². The number of ether oxygens (including phenoxy) is 1. The Morgan fingerprint density at radius 3 is 2.88 bits per heavy atom. The van der Waals surface area contributed by atoms with Gasteiger partial charge in [0.15, 0.2) is 0 Å². The maximum absolute atomic E-state index is 13.1. The molecule has 0 heterocycles. The van der Waals surface area contributed by atoms with Crippen molar-refractivity contribution in [1.82, 2.24) is 0 Å². The Morgan fingerprint density at radius 1 is 1.50 bits per heavy atom. The summed E-state index contributed by atoms with van der Waals surface area (Å²) in [6, 6.07) is 4.85. The molecule has 1 unspecified atom stereocenters. The molecule has 0 saturated carbocycles. The number of hydrogen-bond acceptors (Lipinski definition) is 2. The highest BCUT2D eigenvalue weighted by atomic mass is 35.5. The molecular formula is C12H17ClFNO. The number of hydrogen-bond donors (Lipinski definition) is 1. The lowest BCUT2D eigenvalue weighted by atomic mass is 10.0. The first-order valence-corrected chi connectivity index (χ1v) is 5.69. The molecule has 0 spiro atoms. The van der Waals surface area contributed by atoms with E-state index in [0.717, 1.165) is 18.4 Å². The molecule has 0 aliphatic heterocycles. The Bertz CT molecular complexity index is 333. The maximum Gasteiger partial charge on any atom is 0.142 e. The Morgan fingerprint density at radius 2 is 2.25 bits per heavy atom. The molecular weight excluding hydrogens is 229 g/mol. The van der Waals surface area contributed by atoms with E-state index < -0.39 is 0 Å². The fourth-order valence-electron chi connectivity index (χ4n) is 1.56. The maximum atomic E-state index is 13.1. The van der Waals surface area contributed by atoms with Crippen molar-refractivity contribution in [3.05, 3.63) is 34.6 Å². The van der Waals surface area contributed by atoms with Crippen LogP contribution in [0, 0.1) is 5.82 Å². The fraction of sp³-hybridized carbons (Fsp3) is 0.500. The molecule has 1 aromatic carbocycles. The average Bonchev–Trinajstić information content (AvgIpc) is 2.24. The van der Waals surface area contributed by atoms with Gasteiger partial charge in [-0.15, -0.1) is 0 Å². The van der Waals surface area contributed by atoms with Crippen molar-refractivity contribution >= 4 is 11.6 Å². The number of methoxy groups -OCH3 is 1. The van der Waals surface area contributed by atoms with Crippen molar-refractivity contribution in [2.75, 3.05) is 13.7 Å². The molecule has 2 N–H and O–H groups in total. The molecule has 0 amide bonds. The lowest BCUT2D eigenvalue weighted by molar-refractivity contribution is 0.190. The van der Waals surface area contributed by atoms with E-state index in [0.29, 0.717) is 13.0 Å². The molecule has 0 bridgehead atoms. The third kappa shape index (κ3) is 4.47. The third-order valence-electron chi connectivity index (χ3n) is 2.41. The first-order valence-electron chi connectivity index (χ1n) is 5.32. The van der Waals surface area contributed by atoms with E-state index in [2.05, 4.69) is 0 Å². The van der Waals surface area contributed by atoms with Crippen LogP contribution in [0.2, 0.25) is 5.02 Å². The van der Waals surface area contributed by atoms with Gasteiger partial charge in [-0.25, -0.2) is 4.39 Å². The second kappa shape index (κ2) is 6.84. The van der Waals surface area contributed by atoms with Crippen molar-refractivity contribution in [1.29, 1.82) is 0 Å². The molecule has 90 valence electrons. The zero-order valence-corrected chi connectivity index (χ0v) is 10.1. The van der Waals surface area contributed by atoms with E-state index in [1.165, 1.54) is 6.07 Å². The van der Waals surface area contributed by atoms with Crippen LogP contribution in [-0.4, -0.2) is 19.8 Å². The Labute approximate surface area is 101 Å². The third-order valence-corrected chi connectivity index (χ3v) is 2.71. The summed E-state index contributed by atoms with van der Waals surface area (Å²) in [5, 5.41) is 0.150. The summed E-state index contributed by atoms with van der Waals surface area (Å²) < 4.78 is 18.1. The minimum Gasteiger partial charge on any atom is -0.385 e. The van der Waals surface area contributed by atoms with Gasteiger partial charge in [0.25, 0.3) is 0 Å². The minimum atomic E-state index is -0.386. The molecule has 0 aliphatic rings. The lowest BCUT2D eigenvalue weighted by Gasteiger charge is -2.11. The van der Waals surface area contributed by atoms with Gasteiger partial charge in [-0.1, -0.05) is 17.7 Å². The van der Waals surface area contributed by atoms with E-state index in [1.54, 1.807) is 13.2 Å². The Hall–Kier alpha value is -0.640. The smallest absolute Gasteiger partial charge is 0.142 e. The lowest BCUT2D eigenvalue weighted by Crippen LogP contribution is -2.23. The molecule has 0 aliphatic carbocycles. The highest BCUT2D eigenvalue weighted by Crippen LogP contribution is 2.16. The van der Waals surface area contributed by atoms with Gasteiger partial charge in [-0.2, -0.15) is 0 Å². The summed E-state index contributed by atoms with van der Waals surface area (Å²) >= 11 is 5.60. The summed E-state index contributed by atoms with van der Waals surface area (Å²) in [5.41, 5.74) is 6.80. The van der Waals surface area contributed by atoms with E-state index in [-0.39, 0.29) is 16.9 Å². The number of nitrogens with two attached hydrogens (primary N) is 1. The van der Waals surface area contributed by atoms with Gasteiger partial charge in [0.05, 0.1) is 5.02 Å². The molecule has 1 aromatic rings. The standard InChI is InChI=1S/C12H17ClFNO/c1-16-6-2-3-10(15)7-9-4-5-11(13)12(14)8-9/h4-5,8,10H,2-3,6-7,15H2,1H3. The van der Waals surface area contributed by atoms with Gasteiger partial charge < -0.3 is 10.5 Å². The zero-order chi connectivity index (χ0) is 12.0. The Kier molecular flexibility index (Phi) is 5.74. The predicted octanol–water partition coefficient (Wildman–Crippen LogP) is 2.78. The van der Waals surface area contributed by atoms with Gasteiger partial charge in [0.2, 0.25) is 0 Å². The average molecular weight is 246 g/mol. The topological polar surface area (TPSA) is 35.2 Å². The second-order valence-electron chi connectivity index (χ2n) is 3.85.